The first-order valence-corrected chi connectivity index (χ1v) is 6.48. The van der Waals surface area contributed by atoms with Crippen molar-refractivity contribution in [3.05, 3.63) is 35.9 Å². The SMILES string of the molecule is CCOCCCN1C(=O)CNC1c1ccccc1. The van der Waals surface area contributed by atoms with E-state index in [1.54, 1.807) is 0 Å². The highest BCUT2D eigenvalue weighted by Crippen LogP contribution is 2.22. The fourth-order valence-corrected chi connectivity index (χ4v) is 2.21. The van der Waals surface area contributed by atoms with Gasteiger partial charge in [-0.05, 0) is 18.9 Å². The zero-order chi connectivity index (χ0) is 12.8. The Labute approximate surface area is 108 Å². The monoisotopic (exact) mass is 248 g/mol. The van der Waals surface area contributed by atoms with Crippen LogP contribution in [0.1, 0.15) is 25.1 Å². The summed E-state index contributed by atoms with van der Waals surface area (Å²) >= 11 is 0. The second kappa shape index (κ2) is 6.52. The lowest BCUT2D eigenvalue weighted by molar-refractivity contribution is -0.128. The zero-order valence-electron chi connectivity index (χ0n) is 10.8. The smallest absolute Gasteiger partial charge is 0.238 e. The van der Waals surface area contributed by atoms with Gasteiger partial charge in [-0.15, -0.1) is 0 Å². The van der Waals surface area contributed by atoms with Crippen LogP contribution in [0.4, 0.5) is 0 Å². The van der Waals surface area contributed by atoms with Gasteiger partial charge in [0.15, 0.2) is 0 Å². The van der Waals surface area contributed by atoms with Crippen LogP contribution in [0.25, 0.3) is 0 Å². The van der Waals surface area contributed by atoms with E-state index < -0.39 is 0 Å². The van der Waals surface area contributed by atoms with Gasteiger partial charge in [-0.3, -0.25) is 10.1 Å². The normalized spacial score (nSPS) is 19.5. The molecule has 1 unspecified atom stereocenters. The summed E-state index contributed by atoms with van der Waals surface area (Å²) in [5, 5.41) is 3.25. The van der Waals surface area contributed by atoms with Gasteiger partial charge in [0.1, 0.15) is 6.17 Å². The van der Waals surface area contributed by atoms with Gasteiger partial charge in [-0.1, -0.05) is 30.3 Å². The summed E-state index contributed by atoms with van der Waals surface area (Å²) in [7, 11) is 0. The molecule has 18 heavy (non-hydrogen) atoms. The Bertz CT molecular complexity index is 381. The number of nitrogens with zero attached hydrogens (tertiary/aromatic N) is 1. The molecule has 0 radical (unpaired) electrons. The predicted octanol–water partition coefficient (Wildman–Crippen LogP) is 1.54. The van der Waals surface area contributed by atoms with E-state index in [9.17, 15) is 4.79 Å². The molecule has 0 aliphatic carbocycles. The van der Waals surface area contributed by atoms with E-state index in [0.29, 0.717) is 13.2 Å². The number of hydrogen-bond donors (Lipinski definition) is 1. The molecule has 1 fully saturated rings. The Kier molecular flexibility index (Phi) is 4.73. The first-order valence-electron chi connectivity index (χ1n) is 6.48. The van der Waals surface area contributed by atoms with Gasteiger partial charge in [0, 0.05) is 19.8 Å². The minimum Gasteiger partial charge on any atom is -0.382 e. The third-order valence-corrected chi connectivity index (χ3v) is 3.09. The van der Waals surface area contributed by atoms with Gasteiger partial charge in [-0.2, -0.15) is 0 Å². The summed E-state index contributed by atoms with van der Waals surface area (Å²) in [6, 6.07) is 10.1. The average Bonchev–Trinajstić information content (AvgIpc) is 2.77. The second-order valence-corrected chi connectivity index (χ2v) is 4.33. The highest BCUT2D eigenvalue weighted by atomic mass is 16.5. The first kappa shape index (κ1) is 13.1. The molecular formula is C14H20N2O2. The molecule has 1 heterocycles. The maximum absolute atomic E-state index is 11.8. The van der Waals surface area contributed by atoms with Crippen LogP contribution in [0.2, 0.25) is 0 Å². The minimum absolute atomic E-state index is 0.0142. The molecule has 1 aromatic carbocycles. The highest BCUT2D eigenvalue weighted by molar-refractivity contribution is 5.80. The van der Waals surface area contributed by atoms with Crippen molar-refractivity contribution in [3.63, 3.8) is 0 Å². The summed E-state index contributed by atoms with van der Waals surface area (Å²) in [6.45, 7) is 4.59. The minimum atomic E-state index is 0.0142. The Balaban J connectivity index is 1.95. The third-order valence-electron chi connectivity index (χ3n) is 3.09. The van der Waals surface area contributed by atoms with Crippen molar-refractivity contribution in [3.8, 4) is 0 Å². The number of amides is 1. The van der Waals surface area contributed by atoms with Gasteiger partial charge >= 0.3 is 0 Å². The molecule has 0 bridgehead atoms. The number of rotatable bonds is 6. The van der Waals surface area contributed by atoms with Crippen molar-refractivity contribution in [1.29, 1.82) is 0 Å². The largest absolute Gasteiger partial charge is 0.382 e. The van der Waals surface area contributed by atoms with Gasteiger partial charge in [-0.25, -0.2) is 0 Å². The molecule has 1 N–H and O–H groups in total. The van der Waals surface area contributed by atoms with Crippen molar-refractivity contribution in [1.82, 2.24) is 10.2 Å². The van der Waals surface area contributed by atoms with Gasteiger partial charge in [0.2, 0.25) is 5.91 Å². The lowest BCUT2D eigenvalue weighted by Gasteiger charge is -2.24. The van der Waals surface area contributed by atoms with E-state index in [4.69, 9.17) is 4.74 Å². The quantitative estimate of drug-likeness (QED) is 0.777. The maximum Gasteiger partial charge on any atom is 0.238 e. The van der Waals surface area contributed by atoms with Crippen LogP contribution in [-0.4, -0.2) is 37.1 Å². The predicted molar refractivity (Wildman–Crippen MR) is 70.0 cm³/mol. The fraction of sp³-hybridized carbons (Fsp3) is 0.500. The van der Waals surface area contributed by atoms with Crippen molar-refractivity contribution < 1.29 is 9.53 Å². The number of carbonyl (C=O) groups excluding carboxylic acids is 1. The molecule has 1 saturated heterocycles. The summed E-state index contributed by atoms with van der Waals surface area (Å²) in [6.07, 6.45) is 0.894. The van der Waals surface area contributed by atoms with Gasteiger partial charge in [0.05, 0.1) is 6.54 Å². The van der Waals surface area contributed by atoms with Crippen LogP contribution in [0.15, 0.2) is 30.3 Å². The van der Waals surface area contributed by atoms with Crippen molar-refractivity contribution >= 4 is 5.91 Å². The molecule has 4 heteroatoms. The molecule has 0 aromatic heterocycles. The van der Waals surface area contributed by atoms with Crippen LogP contribution in [0, 0.1) is 0 Å². The van der Waals surface area contributed by atoms with Crippen molar-refractivity contribution in [2.24, 2.45) is 0 Å². The maximum atomic E-state index is 11.8. The summed E-state index contributed by atoms with van der Waals surface area (Å²) in [5.41, 5.74) is 1.14. The molecule has 1 aromatic rings. The molecule has 1 amide bonds. The topological polar surface area (TPSA) is 41.6 Å². The van der Waals surface area contributed by atoms with E-state index in [1.165, 1.54) is 0 Å². The lowest BCUT2D eigenvalue weighted by Crippen LogP contribution is -2.31. The number of benzene rings is 1. The van der Waals surface area contributed by atoms with Crippen LogP contribution in [-0.2, 0) is 9.53 Å². The summed E-state index contributed by atoms with van der Waals surface area (Å²) in [5.74, 6) is 0.167. The van der Waals surface area contributed by atoms with E-state index in [0.717, 1.165) is 25.1 Å². The van der Waals surface area contributed by atoms with Crippen LogP contribution in [0.5, 0.6) is 0 Å². The summed E-state index contributed by atoms with van der Waals surface area (Å²) in [4.78, 5) is 13.7. The van der Waals surface area contributed by atoms with Gasteiger partial charge in [0.25, 0.3) is 0 Å². The molecule has 1 aliphatic heterocycles. The molecule has 0 spiro atoms. The number of nitrogens with one attached hydrogen (secondary N) is 1. The molecule has 1 atom stereocenters. The van der Waals surface area contributed by atoms with E-state index >= 15 is 0 Å². The molecule has 2 rings (SSSR count). The van der Waals surface area contributed by atoms with Gasteiger partial charge < -0.3 is 9.64 Å². The Morgan fingerprint density at radius 3 is 2.89 bits per heavy atom. The third kappa shape index (κ3) is 3.09. The van der Waals surface area contributed by atoms with E-state index in [-0.39, 0.29) is 12.1 Å². The molecule has 4 nitrogen and oxygen atoms in total. The van der Waals surface area contributed by atoms with Crippen molar-refractivity contribution in [2.75, 3.05) is 26.3 Å². The van der Waals surface area contributed by atoms with E-state index in [1.807, 2.05) is 42.2 Å². The highest BCUT2D eigenvalue weighted by Gasteiger charge is 2.30. The molecule has 0 saturated carbocycles. The Morgan fingerprint density at radius 2 is 2.17 bits per heavy atom. The number of ether oxygens (including phenoxy) is 1. The number of hydrogen-bond acceptors (Lipinski definition) is 3. The Hall–Kier alpha value is -1.39. The molecule has 98 valence electrons. The lowest BCUT2D eigenvalue weighted by atomic mass is 10.1. The molecule has 1 aliphatic rings. The second-order valence-electron chi connectivity index (χ2n) is 4.33. The van der Waals surface area contributed by atoms with Crippen LogP contribution in [0.3, 0.4) is 0 Å². The fourth-order valence-electron chi connectivity index (χ4n) is 2.21. The number of carbonyl (C=O) groups is 1. The standard InChI is InChI=1S/C14H20N2O2/c1-2-18-10-6-9-16-13(17)11-15-14(16)12-7-4-3-5-8-12/h3-5,7-8,14-15H,2,6,9-11H2,1H3. The average molecular weight is 248 g/mol. The van der Waals surface area contributed by atoms with E-state index in [2.05, 4.69) is 5.32 Å². The summed E-state index contributed by atoms with van der Waals surface area (Å²) < 4.78 is 5.31. The van der Waals surface area contributed by atoms with Crippen LogP contribution < -0.4 is 5.32 Å². The zero-order valence-corrected chi connectivity index (χ0v) is 10.8. The first-order chi connectivity index (χ1) is 8.83. The molecular weight excluding hydrogens is 228 g/mol. The van der Waals surface area contributed by atoms with Crippen LogP contribution >= 0.6 is 0 Å². The van der Waals surface area contributed by atoms with Crippen molar-refractivity contribution in [2.45, 2.75) is 19.5 Å². The Morgan fingerprint density at radius 1 is 1.39 bits per heavy atom.